The molecule has 282 valence electrons. The normalized spacial score (nSPS) is 20.8. The number of anilines is 2. The first-order valence-corrected chi connectivity index (χ1v) is 19.5. The number of alkyl halides is 1. The number of carbonyl (C=O) groups is 2. The molecular weight excluding hydrogens is 716 g/mol. The Hall–Kier alpha value is -5.26. The van der Waals surface area contributed by atoms with Crippen molar-refractivity contribution in [1.82, 2.24) is 38.8 Å². The molecule has 0 unspecified atom stereocenters. The molecule has 3 aliphatic rings. The number of likely N-dealkylation sites (tertiary alicyclic amines) is 1. The molecule has 0 spiro atoms. The summed E-state index contributed by atoms with van der Waals surface area (Å²) in [6, 6.07) is 15.1. The number of carbonyl (C=O) groups excluding carboxylic acids is 2. The van der Waals surface area contributed by atoms with Crippen LogP contribution in [0.25, 0.3) is 21.9 Å². The molecule has 17 heteroatoms. The number of sulfonamides is 1. The average Bonchev–Trinajstić information content (AvgIpc) is 3.49. The summed E-state index contributed by atoms with van der Waals surface area (Å²) in [5.41, 5.74) is 3.19. The van der Waals surface area contributed by atoms with Crippen LogP contribution in [-0.2, 0) is 35.5 Å². The van der Waals surface area contributed by atoms with E-state index in [-0.39, 0.29) is 54.8 Å². The van der Waals surface area contributed by atoms with Gasteiger partial charge in [0.15, 0.2) is 5.82 Å². The van der Waals surface area contributed by atoms with Crippen LogP contribution in [0.15, 0.2) is 70.5 Å². The van der Waals surface area contributed by atoms with E-state index in [2.05, 4.69) is 42.7 Å². The lowest BCUT2D eigenvalue weighted by Crippen LogP contribution is -2.50. The van der Waals surface area contributed by atoms with E-state index in [4.69, 9.17) is 0 Å². The van der Waals surface area contributed by atoms with Gasteiger partial charge in [-0.3, -0.25) is 34.0 Å². The predicted molar refractivity (Wildman–Crippen MR) is 200 cm³/mol. The number of hydrogen-bond donors (Lipinski definition) is 2. The standard InChI is InChI=1S/C37H41FN10O5S/c1-44-33(50)9-7-26-20-39-36(42-34(26)44)40-30-12-16-47(22-29(30)38)54(52,53)27-5-3-4-23(18-27)21-46-14-10-24(11-15-46)25-6-8-28-31(19-25)45(2)43-35(28)48-17-13-32(49)41-37(48)51/h3-9,18-20,24,29-30H,10-17,21-22H2,1-2H3,(H,39,40,42)(H,41,49,51)/t29-,30+/m1/s1. The monoisotopic (exact) mass is 756 g/mol. The van der Waals surface area contributed by atoms with Gasteiger partial charge in [-0.2, -0.15) is 14.4 Å². The molecule has 3 aliphatic heterocycles. The van der Waals surface area contributed by atoms with Gasteiger partial charge in [-0.05, 0) is 79.7 Å². The first-order valence-electron chi connectivity index (χ1n) is 18.1. The summed E-state index contributed by atoms with van der Waals surface area (Å²) in [5, 5.41) is 11.5. The van der Waals surface area contributed by atoms with Crippen molar-refractivity contribution in [3.8, 4) is 0 Å². The minimum absolute atomic E-state index is 0.130. The summed E-state index contributed by atoms with van der Waals surface area (Å²) in [6.07, 6.45) is 2.37. The molecule has 0 radical (unpaired) electrons. The van der Waals surface area contributed by atoms with Gasteiger partial charge in [0.25, 0.3) is 5.56 Å². The number of imide groups is 1. The fourth-order valence-electron chi connectivity index (χ4n) is 7.75. The van der Waals surface area contributed by atoms with E-state index in [0.29, 0.717) is 29.3 Å². The van der Waals surface area contributed by atoms with Crippen LogP contribution in [0.5, 0.6) is 0 Å². The summed E-state index contributed by atoms with van der Waals surface area (Å²) >= 11 is 0. The molecule has 2 N–H and O–H groups in total. The van der Waals surface area contributed by atoms with Gasteiger partial charge >= 0.3 is 6.03 Å². The minimum Gasteiger partial charge on any atom is -0.348 e. The second-order valence-electron chi connectivity index (χ2n) is 14.3. The molecule has 15 nitrogen and oxygen atoms in total. The molecule has 0 aliphatic carbocycles. The molecule has 54 heavy (non-hydrogen) atoms. The van der Waals surface area contributed by atoms with Gasteiger partial charge in [-0.1, -0.05) is 18.2 Å². The number of aryl methyl sites for hydroxylation is 2. The Morgan fingerprint density at radius 3 is 2.56 bits per heavy atom. The molecule has 0 bridgehead atoms. The third-order valence-corrected chi connectivity index (χ3v) is 12.7. The smallest absolute Gasteiger partial charge is 0.329 e. The van der Waals surface area contributed by atoms with Gasteiger partial charge in [-0.15, -0.1) is 0 Å². The number of urea groups is 1. The van der Waals surface area contributed by atoms with Gasteiger partial charge in [0, 0.05) is 69.7 Å². The van der Waals surface area contributed by atoms with Crippen molar-refractivity contribution < 1.29 is 22.4 Å². The Kier molecular flexibility index (Phi) is 9.39. The first-order chi connectivity index (χ1) is 25.9. The number of rotatable bonds is 8. The highest BCUT2D eigenvalue weighted by Crippen LogP contribution is 2.34. The number of piperidine rings is 2. The Morgan fingerprint density at radius 2 is 1.78 bits per heavy atom. The number of benzene rings is 2. The van der Waals surface area contributed by atoms with Crippen LogP contribution in [-0.4, -0.2) is 98.8 Å². The van der Waals surface area contributed by atoms with Crippen molar-refractivity contribution >= 4 is 55.7 Å². The molecule has 0 saturated carbocycles. The number of hydrogen-bond acceptors (Lipinski definition) is 10. The molecule has 2 atom stereocenters. The number of nitrogens with zero attached hydrogens (tertiary/aromatic N) is 8. The van der Waals surface area contributed by atoms with Crippen molar-refractivity contribution in [2.24, 2.45) is 14.1 Å². The van der Waals surface area contributed by atoms with Gasteiger partial charge in [0.2, 0.25) is 21.9 Å². The van der Waals surface area contributed by atoms with Crippen LogP contribution in [0.2, 0.25) is 0 Å². The largest absolute Gasteiger partial charge is 0.348 e. The molecule has 3 saturated heterocycles. The number of amides is 3. The first kappa shape index (κ1) is 35.8. The Labute approximate surface area is 310 Å². The molecule has 8 rings (SSSR count). The van der Waals surface area contributed by atoms with Crippen molar-refractivity contribution in [3.63, 3.8) is 0 Å². The van der Waals surface area contributed by atoms with Gasteiger partial charge < -0.3 is 5.32 Å². The summed E-state index contributed by atoms with van der Waals surface area (Å²) < 4.78 is 47.3. The number of fused-ring (bicyclic) bond motifs is 2. The van der Waals surface area contributed by atoms with Crippen LogP contribution in [0.4, 0.5) is 21.0 Å². The van der Waals surface area contributed by atoms with Crippen LogP contribution in [0.1, 0.15) is 42.7 Å². The zero-order valence-electron chi connectivity index (χ0n) is 30.0. The Balaban J connectivity index is 0.877. The lowest BCUT2D eigenvalue weighted by Gasteiger charge is -2.34. The third kappa shape index (κ3) is 6.82. The average molecular weight is 757 g/mol. The van der Waals surface area contributed by atoms with Crippen molar-refractivity contribution in [2.75, 3.05) is 42.9 Å². The molecule has 3 amide bonds. The summed E-state index contributed by atoms with van der Waals surface area (Å²) in [5.74, 6) is 0.764. The fraction of sp³-hybridized carbons (Fsp3) is 0.405. The molecule has 5 aromatic rings. The second-order valence-corrected chi connectivity index (χ2v) is 16.2. The highest BCUT2D eigenvalue weighted by molar-refractivity contribution is 7.89. The highest BCUT2D eigenvalue weighted by atomic mass is 32.2. The lowest BCUT2D eigenvalue weighted by atomic mass is 9.89. The number of pyridine rings is 1. The molecule has 2 aromatic carbocycles. The van der Waals surface area contributed by atoms with Crippen molar-refractivity contribution in [3.05, 3.63) is 82.3 Å². The van der Waals surface area contributed by atoms with Gasteiger partial charge in [0.1, 0.15) is 11.8 Å². The molecule has 3 aromatic heterocycles. The fourth-order valence-corrected chi connectivity index (χ4v) is 9.28. The summed E-state index contributed by atoms with van der Waals surface area (Å²) in [7, 11) is -0.484. The van der Waals surface area contributed by atoms with Gasteiger partial charge in [-0.25, -0.2) is 22.6 Å². The maximum Gasteiger partial charge on any atom is 0.329 e. The number of aromatic nitrogens is 5. The lowest BCUT2D eigenvalue weighted by molar-refractivity contribution is -0.120. The highest BCUT2D eigenvalue weighted by Gasteiger charge is 2.36. The quantitative estimate of drug-likeness (QED) is 0.240. The zero-order chi connectivity index (χ0) is 37.7. The van der Waals surface area contributed by atoms with E-state index in [1.54, 1.807) is 42.2 Å². The molecular formula is C37H41FN10O5S. The summed E-state index contributed by atoms with van der Waals surface area (Å²) in [6.45, 7) is 2.37. The van der Waals surface area contributed by atoms with E-state index < -0.39 is 28.3 Å². The number of halogens is 1. The number of nitrogens with one attached hydrogen (secondary N) is 2. The molecule has 6 heterocycles. The van der Waals surface area contributed by atoms with Crippen molar-refractivity contribution in [1.29, 1.82) is 0 Å². The SMILES string of the molecule is Cn1nc(N2CCC(=O)NC2=O)c2ccc(C3CCN(Cc4cccc(S(=O)(=O)N5CC[C@H](Nc6ncc7ccc(=O)n(C)c7n6)[C@H](F)C5)c4)CC3)cc21. The summed E-state index contributed by atoms with van der Waals surface area (Å²) in [4.78, 5) is 48.8. The second kappa shape index (κ2) is 14.2. The zero-order valence-corrected chi connectivity index (χ0v) is 30.8. The van der Waals surface area contributed by atoms with Crippen LogP contribution in [0, 0.1) is 0 Å². The van der Waals surface area contributed by atoms with E-state index in [1.165, 1.54) is 25.4 Å². The van der Waals surface area contributed by atoms with Gasteiger partial charge in [0.05, 0.1) is 16.5 Å². The van der Waals surface area contributed by atoms with Crippen LogP contribution < -0.4 is 21.1 Å². The van der Waals surface area contributed by atoms with Crippen LogP contribution in [0.3, 0.4) is 0 Å². The van der Waals surface area contributed by atoms with E-state index in [9.17, 15) is 22.8 Å². The topological polar surface area (TPSA) is 168 Å². The van der Waals surface area contributed by atoms with E-state index in [0.717, 1.165) is 42.4 Å². The van der Waals surface area contributed by atoms with Crippen LogP contribution >= 0.6 is 0 Å². The van der Waals surface area contributed by atoms with E-state index >= 15 is 4.39 Å². The maximum absolute atomic E-state index is 15.5. The maximum atomic E-state index is 15.5. The van der Waals surface area contributed by atoms with E-state index in [1.807, 2.05) is 19.2 Å². The van der Waals surface area contributed by atoms with Crippen molar-refractivity contribution in [2.45, 2.75) is 55.3 Å². The predicted octanol–water partition coefficient (Wildman–Crippen LogP) is 3.25. The Bertz CT molecular complexity index is 2440. The minimum atomic E-state index is -3.94. The third-order valence-electron chi connectivity index (χ3n) is 10.8. The molecule has 3 fully saturated rings. The Morgan fingerprint density at radius 1 is 0.963 bits per heavy atom.